The lowest BCUT2D eigenvalue weighted by Crippen LogP contribution is -2.25. The van der Waals surface area contributed by atoms with Crippen LogP contribution in [0.2, 0.25) is 5.02 Å². The van der Waals surface area contributed by atoms with Crippen molar-refractivity contribution in [1.29, 1.82) is 0 Å². The summed E-state index contributed by atoms with van der Waals surface area (Å²) in [6.45, 7) is 1.71. The molecule has 0 radical (unpaired) electrons. The molecule has 0 amide bonds. The maximum Gasteiger partial charge on any atom is 0.129 e. The predicted octanol–water partition coefficient (Wildman–Crippen LogP) is 2.48. The third-order valence-electron chi connectivity index (χ3n) is 3.27. The van der Waals surface area contributed by atoms with Crippen molar-refractivity contribution < 1.29 is 4.74 Å². The molecule has 21 heavy (non-hydrogen) atoms. The second kappa shape index (κ2) is 7.26. The average Bonchev–Trinajstić information content (AvgIpc) is 3.06. The largest absolute Gasteiger partial charge is 0.496 e. The van der Waals surface area contributed by atoms with Gasteiger partial charge in [-0.25, -0.2) is 0 Å². The Kier molecular flexibility index (Phi) is 5.64. The van der Waals surface area contributed by atoms with Gasteiger partial charge in [-0.1, -0.05) is 11.6 Å². The molecule has 2 rings (SSSR count). The van der Waals surface area contributed by atoms with Crippen molar-refractivity contribution in [3.05, 3.63) is 33.2 Å². The molecule has 0 aliphatic rings. The highest BCUT2D eigenvalue weighted by Crippen LogP contribution is 2.33. The molecule has 0 bridgehead atoms. The summed E-state index contributed by atoms with van der Waals surface area (Å²) in [5, 5.41) is 10.4. The maximum absolute atomic E-state index is 6.36. The molecule has 116 valence electrons. The Hall–Kier alpha value is -1.08. The molecule has 1 unspecified atom stereocenters. The van der Waals surface area contributed by atoms with Crippen molar-refractivity contribution in [3.63, 3.8) is 0 Å². The first kappa shape index (κ1) is 16.3. The zero-order chi connectivity index (χ0) is 15.4. The summed E-state index contributed by atoms with van der Waals surface area (Å²) in [5.41, 5.74) is 0.991. The molecule has 0 aliphatic heterocycles. The first-order chi connectivity index (χ1) is 10.1. The second-order valence-electron chi connectivity index (χ2n) is 5.01. The normalized spacial score (nSPS) is 12.9. The standard InChI is InChI=1S/C14H21ClN4OS/c1-16-13(12-7-10(20-4)9-21-12)14-11(15)8-17-19(14)6-5-18(2)3/h7-9,13,16H,5-6H2,1-4H3. The summed E-state index contributed by atoms with van der Waals surface area (Å²) >= 11 is 8.01. The Morgan fingerprint density at radius 3 is 2.86 bits per heavy atom. The van der Waals surface area contributed by atoms with E-state index in [1.807, 2.05) is 37.3 Å². The number of nitrogens with one attached hydrogen (secondary N) is 1. The molecule has 0 fully saturated rings. The maximum atomic E-state index is 6.36. The van der Waals surface area contributed by atoms with Gasteiger partial charge in [-0.05, 0) is 27.2 Å². The molecule has 0 saturated carbocycles. The van der Waals surface area contributed by atoms with E-state index in [0.29, 0.717) is 5.02 Å². The summed E-state index contributed by atoms with van der Waals surface area (Å²) in [5.74, 6) is 0.866. The SMILES string of the molecule is CNC(c1cc(OC)cs1)c1c(Cl)cnn1CCN(C)C. The highest BCUT2D eigenvalue weighted by Gasteiger charge is 2.22. The van der Waals surface area contributed by atoms with E-state index in [1.165, 1.54) is 0 Å². The molecule has 2 heterocycles. The number of hydrogen-bond donors (Lipinski definition) is 1. The topological polar surface area (TPSA) is 42.3 Å². The van der Waals surface area contributed by atoms with Crippen LogP contribution < -0.4 is 10.1 Å². The number of thiophene rings is 1. The lowest BCUT2D eigenvalue weighted by atomic mass is 10.1. The predicted molar refractivity (Wildman–Crippen MR) is 87.6 cm³/mol. The van der Waals surface area contributed by atoms with Crippen LogP contribution in [-0.4, -0.2) is 49.5 Å². The number of nitrogens with zero attached hydrogens (tertiary/aromatic N) is 3. The number of likely N-dealkylation sites (N-methyl/N-ethyl adjacent to an activating group) is 1. The highest BCUT2D eigenvalue weighted by atomic mass is 35.5. The number of hydrogen-bond acceptors (Lipinski definition) is 5. The van der Waals surface area contributed by atoms with E-state index in [-0.39, 0.29) is 6.04 Å². The Balaban J connectivity index is 2.30. The van der Waals surface area contributed by atoms with Gasteiger partial charge in [-0.2, -0.15) is 5.10 Å². The zero-order valence-corrected chi connectivity index (χ0v) is 14.3. The van der Waals surface area contributed by atoms with Crippen LogP contribution in [0.1, 0.15) is 16.6 Å². The van der Waals surface area contributed by atoms with Gasteiger partial charge in [-0.3, -0.25) is 4.68 Å². The van der Waals surface area contributed by atoms with Gasteiger partial charge < -0.3 is 15.0 Å². The van der Waals surface area contributed by atoms with Crippen molar-refractivity contribution >= 4 is 22.9 Å². The van der Waals surface area contributed by atoms with E-state index >= 15 is 0 Å². The zero-order valence-electron chi connectivity index (χ0n) is 12.8. The summed E-state index contributed by atoms with van der Waals surface area (Å²) in [6.07, 6.45) is 1.71. The van der Waals surface area contributed by atoms with E-state index < -0.39 is 0 Å². The van der Waals surface area contributed by atoms with E-state index in [4.69, 9.17) is 16.3 Å². The number of aromatic nitrogens is 2. The van der Waals surface area contributed by atoms with Crippen molar-refractivity contribution in [2.45, 2.75) is 12.6 Å². The van der Waals surface area contributed by atoms with Crippen LogP contribution in [0.5, 0.6) is 5.75 Å². The Morgan fingerprint density at radius 2 is 2.29 bits per heavy atom. The number of methoxy groups -OCH3 is 1. The third kappa shape index (κ3) is 3.77. The lowest BCUT2D eigenvalue weighted by molar-refractivity contribution is 0.366. The molecule has 0 aromatic carbocycles. The van der Waals surface area contributed by atoms with Gasteiger partial charge in [0.1, 0.15) is 5.75 Å². The van der Waals surface area contributed by atoms with Crippen LogP contribution in [-0.2, 0) is 6.54 Å². The van der Waals surface area contributed by atoms with E-state index in [1.54, 1.807) is 24.6 Å². The van der Waals surface area contributed by atoms with Crippen LogP contribution in [0.15, 0.2) is 17.6 Å². The Labute approximate surface area is 134 Å². The smallest absolute Gasteiger partial charge is 0.129 e. The molecule has 1 atom stereocenters. The van der Waals surface area contributed by atoms with Crippen LogP contribution in [0.25, 0.3) is 0 Å². The molecule has 0 spiro atoms. The van der Waals surface area contributed by atoms with Gasteiger partial charge in [0.25, 0.3) is 0 Å². The van der Waals surface area contributed by atoms with Gasteiger partial charge in [0.2, 0.25) is 0 Å². The third-order valence-corrected chi connectivity index (χ3v) is 4.54. The van der Waals surface area contributed by atoms with Crippen molar-refractivity contribution in [2.75, 3.05) is 34.8 Å². The van der Waals surface area contributed by atoms with Crippen LogP contribution in [0.3, 0.4) is 0 Å². The molecule has 5 nitrogen and oxygen atoms in total. The lowest BCUT2D eigenvalue weighted by Gasteiger charge is -2.18. The average molecular weight is 329 g/mol. The fourth-order valence-electron chi connectivity index (χ4n) is 2.14. The number of halogens is 1. The fraction of sp³-hybridized carbons (Fsp3) is 0.500. The summed E-state index contributed by atoms with van der Waals surface area (Å²) < 4.78 is 7.23. The van der Waals surface area contributed by atoms with Gasteiger partial charge in [0, 0.05) is 16.8 Å². The molecular weight excluding hydrogens is 308 g/mol. The quantitative estimate of drug-likeness (QED) is 0.848. The van der Waals surface area contributed by atoms with Crippen LogP contribution in [0, 0.1) is 0 Å². The van der Waals surface area contributed by atoms with Crippen molar-refractivity contribution in [3.8, 4) is 5.75 Å². The van der Waals surface area contributed by atoms with Crippen molar-refractivity contribution in [1.82, 2.24) is 20.0 Å². The molecule has 2 aromatic rings. The first-order valence-corrected chi connectivity index (χ1v) is 7.98. The number of ether oxygens (including phenoxy) is 1. The first-order valence-electron chi connectivity index (χ1n) is 6.72. The fourth-order valence-corrected chi connectivity index (χ4v) is 3.35. The van der Waals surface area contributed by atoms with Gasteiger partial charge in [-0.15, -0.1) is 11.3 Å². The monoisotopic (exact) mass is 328 g/mol. The minimum absolute atomic E-state index is 0.0102. The molecule has 2 aromatic heterocycles. The minimum atomic E-state index is 0.0102. The number of rotatable bonds is 7. The highest BCUT2D eigenvalue weighted by molar-refractivity contribution is 7.10. The summed E-state index contributed by atoms with van der Waals surface area (Å²) in [4.78, 5) is 3.28. The van der Waals surface area contributed by atoms with E-state index in [2.05, 4.69) is 15.3 Å². The van der Waals surface area contributed by atoms with Crippen molar-refractivity contribution in [2.24, 2.45) is 0 Å². The van der Waals surface area contributed by atoms with Crippen LogP contribution in [0.4, 0.5) is 0 Å². The minimum Gasteiger partial charge on any atom is -0.496 e. The molecule has 0 aliphatic carbocycles. The molecular formula is C14H21ClN4OS. The second-order valence-corrected chi connectivity index (χ2v) is 6.36. The van der Waals surface area contributed by atoms with Gasteiger partial charge >= 0.3 is 0 Å². The van der Waals surface area contributed by atoms with Crippen LogP contribution >= 0.6 is 22.9 Å². The molecule has 1 N–H and O–H groups in total. The van der Waals surface area contributed by atoms with Gasteiger partial charge in [0.05, 0.1) is 36.6 Å². The molecule has 0 saturated heterocycles. The summed E-state index contributed by atoms with van der Waals surface area (Å²) in [6, 6.07) is 2.04. The Morgan fingerprint density at radius 1 is 1.52 bits per heavy atom. The Bertz CT molecular complexity index is 581. The van der Waals surface area contributed by atoms with Gasteiger partial charge in [0.15, 0.2) is 0 Å². The van der Waals surface area contributed by atoms with E-state index in [0.717, 1.165) is 29.4 Å². The molecule has 7 heteroatoms. The summed E-state index contributed by atoms with van der Waals surface area (Å²) in [7, 11) is 7.69. The van der Waals surface area contributed by atoms with E-state index in [9.17, 15) is 0 Å².